The van der Waals surface area contributed by atoms with Crippen molar-refractivity contribution >= 4 is 38.7 Å². The average molecular weight is 421 g/mol. The largest absolute Gasteiger partial charge is 0.379 e. The number of aromatic nitrogens is 1. The van der Waals surface area contributed by atoms with Crippen LogP contribution in [0, 0.1) is 0 Å². The number of hydrogen-bond donors (Lipinski definition) is 4. The van der Waals surface area contributed by atoms with Crippen LogP contribution in [0.2, 0.25) is 0 Å². The lowest BCUT2D eigenvalue weighted by molar-refractivity contribution is 0.100. The summed E-state index contributed by atoms with van der Waals surface area (Å²) >= 11 is 1.62. The van der Waals surface area contributed by atoms with Crippen LogP contribution in [-0.4, -0.2) is 38.6 Å². The molecule has 28 heavy (non-hydrogen) atoms. The molecular weight excluding hydrogens is 396 g/mol. The number of nitrogens with two attached hydrogens (primary N) is 1. The lowest BCUT2D eigenvalue weighted by Gasteiger charge is -2.39. The summed E-state index contributed by atoms with van der Waals surface area (Å²) in [4.78, 5) is 16.4. The Hall–Kier alpha value is -1.84. The monoisotopic (exact) mass is 420 g/mol. The van der Waals surface area contributed by atoms with Gasteiger partial charge in [-0.3, -0.25) is 13.9 Å². The molecule has 1 aliphatic heterocycles. The molecule has 0 spiro atoms. The second-order valence-electron chi connectivity index (χ2n) is 7.27. The second kappa shape index (κ2) is 7.53. The number of thiophene rings is 1. The molecule has 0 unspecified atom stereocenters. The van der Waals surface area contributed by atoms with E-state index in [1.54, 1.807) is 18.4 Å². The summed E-state index contributed by atoms with van der Waals surface area (Å²) in [5.41, 5.74) is 9.97. The Balaban J connectivity index is 1.78. The van der Waals surface area contributed by atoms with E-state index in [0.29, 0.717) is 23.7 Å². The fourth-order valence-corrected chi connectivity index (χ4v) is 6.31. The van der Waals surface area contributed by atoms with E-state index in [4.69, 9.17) is 10.5 Å². The van der Waals surface area contributed by atoms with Crippen LogP contribution >= 0.6 is 21.9 Å². The first-order chi connectivity index (χ1) is 13.4. The molecule has 2 aromatic heterocycles. The van der Waals surface area contributed by atoms with Crippen LogP contribution in [0.25, 0.3) is 22.0 Å². The predicted molar refractivity (Wildman–Crippen MR) is 115 cm³/mol. The molecule has 1 aliphatic rings. The van der Waals surface area contributed by atoms with Gasteiger partial charge in [0.1, 0.15) is 0 Å². The smallest absolute Gasteiger partial charge is 0.250 e. The maximum atomic E-state index is 12.1. The number of fused-ring (bicyclic) bond motifs is 1. The number of hydrogen-bond acceptors (Lipinski definition) is 5. The fraction of sp³-hybridized carbons (Fsp3) is 0.350. The Morgan fingerprint density at radius 1 is 1.29 bits per heavy atom. The number of nitrogens with one attached hydrogen (secondary N) is 1. The molecular formula is C20H24N2O4S2. The Morgan fingerprint density at radius 2 is 2.04 bits per heavy atom. The van der Waals surface area contributed by atoms with Crippen LogP contribution in [0.15, 0.2) is 29.8 Å². The molecule has 0 bridgehead atoms. The summed E-state index contributed by atoms with van der Waals surface area (Å²) in [7, 11) is -0.762. The van der Waals surface area contributed by atoms with Gasteiger partial charge in [-0.25, -0.2) is 0 Å². The van der Waals surface area contributed by atoms with E-state index in [2.05, 4.69) is 22.5 Å². The summed E-state index contributed by atoms with van der Waals surface area (Å²) < 4.78 is 25.0. The molecule has 4 rings (SSSR count). The van der Waals surface area contributed by atoms with Gasteiger partial charge in [-0.05, 0) is 59.0 Å². The number of carbonyl (C=O) groups excluding carboxylic acids is 1. The normalized spacial score (nSPS) is 18.4. The van der Waals surface area contributed by atoms with Gasteiger partial charge in [-0.1, -0.05) is 0 Å². The molecule has 1 aromatic carbocycles. The van der Waals surface area contributed by atoms with Crippen LogP contribution in [0.1, 0.15) is 39.6 Å². The van der Waals surface area contributed by atoms with Crippen LogP contribution in [0.4, 0.5) is 0 Å². The molecule has 3 heterocycles. The maximum absolute atomic E-state index is 12.1. The Labute approximate surface area is 169 Å². The van der Waals surface area contributed by atoms with Crippen molar-refractivity contribution in [2.24, 2.45) is 5.73 Å². The third-order valence-corrected chi connectivity index (χ3v) is 8.08. The van der Waals surface area contributed by atoms with Gasteiger partial charge in [-0.2, -0.15) is 10.6 Å². The molecule has 1 saturated heterocycles. The minimum Gasteiger partial charge on any atom is -0.379 e. The van der Waals surface area contributed by atoms with Gasteiger partial charge in [0.05, 0.1) is 17.7 Å². The average Bonchev–Trinajstić information content (AvgIpc) is 3.28. The zero-order chi connectivity index (χ0) is 19.9. The van der Waals surface area contributed by atoms with E-state index in [1.165, 1.54) is 0 Å². The first-order valence-electron chi connectivity index (χ1n) is 9.13. The zero-order valence-corrected chi connectivity index (χ0v) is 17.2. The number of ether oxygens (including phenoxy) is 1. The van der Waals surface area contributed by atoms with Crippen molar-refractivity contribution in [3.63, 3.8) is 0 Å². The molecule has 8 heteroatoms. The molecule has 1 amide bonds. The van der Waals surface area contributed by atoms with Gasteiger partial charge in [-0.15, -0.1) is 11.3 Å². The summed E-state index contributed by atoms with van der Waals surface area (Å²) in [6.07, 6.45) is 3.39. The summed E-state index contributed by atoms with van der Waals surface area (Å²) in [5, 5.41) is 3.04. The van der Waals surface area contributed by atoms with Gasteiger partial charge in [0.25, 0.3) is 5.91 Å². The van der Waals surface area contributed by atoms with Crippen LogP contribution in [-0.2, 0) is 11.3 Å². The number of methoxy groups -OCH3 is 1. The van der Waals surface area contributed by atoms with Crippen molar-refractivity contribution in [3.05, 3.63) is 45.8 Å². The third kappa shape index (κ3) is 3.70. The molecule has 1 fully saturated rings. The number of H-pyrrole nitrogens is 1. The summed E-state index contributed by atoms with van der Waals surface area (Å²) in [5.74, 6) is 0.622. The Kier molecular flexibility index (Phi) is 5.24. The van der Waals surface area contributed by atoms with Crippen LogP contribution < -0.4 is 5.73 Å². The van der Waals surface area contributed by atoms with Gasteiger partial charge in [0.2, 0.25) is 0 Å². The topological polar surface area (TPSA) is 109 Å². The molecule has 0 aliphatic carbocycles. The Bertz CT molecular complexity index is 1010. The molecule has 0 radical (unpaired) electrons. The van der Waals surface area contributed by atoms with E-state index < -0.39 is 16.5 Å². The lowest BCUT2D eigenvalue weighted by atomic mass is 9.91. The molecule has 6 nitrogen and oxygen atoms in total. The molecule has 0 saturated carbocycles. The van der Waals surface area contributed by atoms with Crippen LogP contribution in [0.3, 0.4) is 0 Å². The number of amides is 1. The molecule has 150 valence electrons. The zero-order valence-electron chi connectivity index (χ0n) is 15.6. The standard InChI is InChI=1S/C20H24N2O4S2/c1-26-10-15-6-14(11-27-15)13-7-16-18(12-2-4-28(24,25)5-3-12)9-22-19(16)17(8-13)20(21)23/h6-9,11-12,22,24-25H,2-5,10H2,1H3,(H2,21,23). The first-order valence-corrected chi connectivity index (χ1v) is 11.9. The SMILES string of the molecule is COCc1cc(-c2cc(C(N)=O)c3[nH]cc(C4CCS(O)(O)CC4)c3c2)cs1. The predicted octanol–water partition coefficient (Wildman–Crippen LogP) is 4.77. The van der Waals surface area contributed by atoms with E-state index in [9.17, 15) is 13.9 Å². The van der Waals surface area contributed by atoms with E-state index >= 15 is 0 Å². The van der Waals surface area contributed by atoms with E-state index in [0.717, 1.165) is 45.3 Å². The number of carbonyl (C=O) groups is 1. The first kappa shape index (κ1) is 19.5. The number of primary amides is 1. The highest BCUT2D eigenvalue weighted by molar-refractivity contribution is 8.24. The van der Waals surface area contributed by atoms with E-state index in [1.807, 2.05) is 12.3 Å². The fourth-order valence-electron chi connectivity index (χ4n) is 3.92. The highest BCUT2D eigenvalue weighted by Gasteiger charge is 2.27. The summed E-state index contributed by atoms with van der Waals surface area (Å²) in [6, 6.07) is 6.00. The van der Waals surface area contributed by atoms with Gasteiger partial charge >= 0.3 is 0 Å². The number of benzene rings is 1. The van der Waals surface area contributed by atoms with Gasteiger partial charge in [0.15, 0.2) is 0 Å². The molecule has 5 N–H and O–H groups in total. The van der Waals surface area contributed by atoms with Gasteiger partial charge in [0, 0.05) is 35.1 Å². The molecule has 0 atom stereocenters. The van der Waals surface area contributed by atoms with Crippen LogP contribution in [0.5, 0.6) is 0 Å². The second-order valence-corrected chi connectivity index (χ2v) is 10.7. The van der Waals surface area contributed by atoms with Crippen molar-refractivity contribution in [3.8, 4) is 11.1 Å². The van der Waals surface area contributed by atoms with Crippen molar-refractivity contribution < 1.29 is 18.6 Å². The van der Waals surface area contributed by atoms with Crippen molar-refractivity contribution in [2.45, 2.75) is 25.4 Å². The molecule has 3 aromatic rings. The number of aromatic amines is 1. The number of rotatable bonds is 5. The van der Waals surface area contributed by atoms with Crippen molar-refractivity contribution in [1.82, 2.24) is 4.98 Å². The van der Waals surface area contributed by atoms with Crippen molar-refractivity contribution in [2.75, 3.05) is 18.6 Å². The van der Waals surface area contributed by atoms with Gasteiger partial charge < -0.3 is 15.5 Å². The summed E-state index contributed by atoms with van der Waals surface area (Å²) in [6.45, 7) is 0.555. The highest BCUT2D eigenvalue weighted by Crippen LogP contribution is 2.49. The highest BCUT2D eigenvalue weighted by atomic mass is 32.3. The quantitative estimate of drug-likeness (QED) is 0.477. The minimum atomic E-state index is -2.43. The van der Waals surface area contributed by atoms with E-state index in [-0.39, 0.29) is 5.92 Å². The maximum Gasteiger partial charge on any atom is 0.250 e. The third-order valence-electron chi connectivity index (χ3n) is 5.39. The lowest BCUT2D eigenvalue weighted by Crippen LogP contribution is -2.19. The Morgan fingerprint density at radius 3 is 2.71 bits per heavy atom. The minimum absolute atomic E-state index is 0.233. The van der Waals surface area contributed by atoms with Crippen molar-refractivity contribution in [1.29, 1.82) is 0 Å².